The van der Waals surface area contributed by atoms with Crippen molar-refractivity contribution in [2.75, 3.05) is 6.54 Å². The molecule has 96 valence electrons. The van der Waals surface area contributed by atoms with Gasteiger partial charge in [0.15, 0.2) is 0 Å². The molecule has 0 aliphatic rings. The molecule has 5 nitrogen and oxygen atoms in total. The SMILES string of the molecule is C#CCNS(=O)(=O)c1ccc(CCC(N)=O)cc1. The summed E-state index contributed by atoms with van der Waals surface area (Å²) in [4.78, 5) is 10.8. The maximum Gasteiger partial charge on any atom is 0.241 e. The molecule has 0 atom stereocenters. The number of benzene rings is 1. The Morgan fingerprint density at radius 1 is 1.33 bits per heavy atom. The maximum atomic E-state index is 11.7. The molecule has 0 fully saturated rings. The fourth-order valence-electron chi connectivity index (χ4n) is 1.32. The zero-order valence-electron chi connectivity index (χ0n) is 9.72. The summed E-state index contributed by atoms with van der Waals surface area (Å²) >= 11 is 0. The summed E-state index contributed by atoms with van der Waals surface area (Å²) in [5, 5.41) is 0. The summed E-state index contributed by atoms with van der Waals surface area (Å²) in [6.45, 7) is -0.0498. The predicted octanol–water partition coefficient (Wildman–Crippen LogP) is 0.0160. The van der Waals surface area contributed by atoms with E-state index in [2.05, 4.69) is 10.6 Å². The summed E-state index contributed by atoms with van der Waals surface area (Å²) in [6.07, 6.45) is 5.72. The average Bonchev–Trinajstić information content (AvgIpc) is 2.34. The van der Waals surface area contributed by atoms with Gasteiger partial charge in [0.2, 0.25) is 15.9 Å². The molecule has 0 spiro atoms. The van der Waals surface area contributed by atoms with E-state index in [9.17, 15) is 13.2 Å². The molecular weight excluding hydrogens is 252 g/mol. The Kier molecular flexibility index (Phi) is 4.89. The molecule has 18 heavy (non-hydrogen) atoms. The predicted molar refractivity (Wildman–Crippen MR) is 68.0 cm³/mol. The zero-order valence-corrected chi connectivity index (χ0v) is 10.5. The highest BCUT2D eigenvalue weighted by molar-refractivity contribution is 7.89. The molecule has 0 saturated heterocycles. The van der Waals surface area contributed by atoms with Crippen LogP contribution in [0, 0.1) is 12.3 Å². The van der Waals surface area contributed by atoms with Crippen LogP contribution in [0.5, 0.6) is 0 Å². The van der Waals surface area contributed by atoms with Crippen LogP contribution in [0.3, 0.4) is 0 Å². The van der Waals surface area contributed by atoms with Crippen LogP contribution in [-0.2, 0) is 21.2 Å². The molecule has 0 radical (unpaired) electrons. The topological polar surface area (TPSA) is 89.3 Å². The zero-order chi connectivity index (χ0) is 13.6. The monoisotopic (exact) mass is 266 g/mol. The molecule has 0 aromatic heterocycles. The van der Waals surface area contributed by atoms with E-state index in [1.165, 1.54) is 12.1 Å². The molecule has 0 saturated carbocycles. The number of primary amides is 1. The van der Waals surface area contributed by atoms with Gasteiger partial charge >= 0.3 is 0 Å². The number of carbonyl (C=O) groups excluding carboxylic acids is 1. The van der Waals surface area contributed by atoms with Crippen molar-refractivity contribution in [3.8, 4) is 12.3 Å². The van der Waals surface area contributed by atoms with E-state index < -0.39 is 10.0 Å². The number of sulfonamides is 1. The van der Waals surface area contributed by atoms with Gasteiger partial charge in [0.1, 0.15) is 0 Å². The number of hydrogen-bond donors (Lipinski definition) is 2. The number of terminal acetylenes is 1. The van der Waals surface area contributed by atoms with E-state index in [1.54, 1.807) is 12.1 Å². The minimum absolute atomic E-state index is 0.0498. The largest absolute Gasteiger partial charge is 0.370 e. The lowest BCUT2D eigenvalue weighted by Crippen LogP contribution is -2.23. The van der Waals surface area contributed by atoms with Crippen LogP contribution in [0.15, 0.2) is 29.2 Å². The van der Waals surface area contributed by atoms with Crippen molar-refractivity contribution in [3.63, 3.8) is 0 Å². The highest BCUT2D eigenvalue weighted by Gasteiger charge is 2.12. The van der Waals surface area contributed by atoms with Gasteiger partial charge < -0.3 is 5.73 Å². The van der Waals surface area contributed by atoms with E-state index in [4.69, 9.17) is 12.2 Å². The molecule has 0 aliphatic heterocycles. The van der Waals surface area contributed by atoms with Crippen molar-refractivity contribution in [1.82, 2.24) is 4.72 Å². The first-order chi connectivity index (χ1) is 8.45. The van der Waals surface area contributed by atoms with E-state index in [0.29, 0.717) is 6.42 Å². The highest BCUT2D eigenvalue weighted by atomic mass is 32.2. The second kappa shape index (κ2) is 6.19. The molecule has 1 aromatic carbocycles. The molecule has 6 heteroatoms. The van der Waals surface area contributed by atoms with Crippen LogP contribution in [0.2, 0.25) is 0 Å². The van der Waals surface area contributed by atoms with Gasteiger partial charge in [0, 0.05) is 6.42 Å². The van der Waals surface area contributed by atoms with Gasteiger partial charge in [0.05, 0.1) is 11.4 Å². The third kappa shape index (κ3) is 4.20. The Balaban J connectivity index is 2.77. The van der Waals surface area contributed by atoms with Gasteiger partial charge in [-0.15, -0.1) is 6.42 Å². The van der Waals surface area contributed by atoms with E-state index in [-0.39, 0.29) is 23.8 Å². The van der Waals surface area contributed by atoms with Crippen molar-refractivity contribution in [3.05, 3.63) is 29.8 Å². The first kappa shape index (κ1) is 14.2. The maximum absolute atomic E-state index is 11.7. The van der Waals surface area contributed by atoms with Crippen molar-refractivity contribution < 1.29 is 13.2 Å². The lowest BCUT2D eigenvalue weighted by molar-refractivity contribution is -0.117. The Labute approximate surface area is 106 Å². The first-order valence-corrected chi connectivity index (χ1v) is 6.74. The van der Waals surface area contributed by atoms with Gasteiger partial charge in [-0.05, 0) is 24.1 Å². The van der Waals surface area contributed by atoms with Crippen LogP contribution in [-0.4, -0.2) is 20.9 Å². The summed E-state index contributed by atoms with van der Waals surface area (Å²) in [6, 6.07) is 6.23. The lowest BCUT2D eigenvalue weighted by Gasteiger charge is -2.05. The number of aryl methyl sites for hydroxylation is 1. The van der Waals surface area contributed by atoms with Gasteiger partial charge in [-0.3, -0.25) is 4.79 Å². The third-order valence-electron chi connectivity index (χ3n) is 2.26. The van der Waals surface area contributed by atoms with Gasteiger partial charge in [-0.2, -0.15) is 4.72 Å². The summed E-state index contributed by atoms with van der Waals surface area (Å²) < 4.78 is 25.6. The molecule has 0 bridgehead atoms. The van der Waals surface area contributed by atoms with Gasteiger partial charge in [0.25, 0.3) is 0 Å². The van der Waals surface area contributed by atoms with Crippen LogP contribution in [0.1, 0.15) is 12.0 Å². The molecule has 0 heterocycles. The minimum Gasteiger partial charge on any atom is -0.370 e. The molecule has 0 aliphatic carbocycles. The lowest BCUT2D eigenvalue weighted by atomic mass is 10.1. The van der Waals surface area contributed by atoms with Crippen LogP contribution in [0.4, 0.5) is 0 Å². The van der Waals surface area contributed by atoms with Crippen LogP contribution in [0.25, 0.3) is 0 Å². The van der Waals surface area contributed by atoms with Gasteiger partial charge in [-0.1, -0.05) is 18.1 Å². The van der Waals surface area contributed by atoms with E-state index in [0.717, 1.165) is 5.56 Å². The molecule has 1 amide bonds. The third-order valence-corrected chi connectivity index (χ3v) is 3.68. The molecule has 0 unspecified atom stereocenters. The Morgan fingerprint density at radius 2 is 1.94 bits per heavy atom. The molecule has 1 rings (SSSR count). The van der Waals surface area contributed by atoms with E-state index >= 15 is 0 Å². The second-order valence-corrected chi connectivity index (χ2v) is 5.41. The molecule has 3 N–H and O–H groups in total. The fourth-order valence-corrected chi connectivity index (χ4v) is 2.26. The van der Waals surface area contributed by atoms with Crippen molar-refractivity contribution in [2.45, 2.75) is 17.7 Å². The summed E-state index contributed by atoms with van der Waals surface area (Å²) in [7, 11) is -3.55. The summed E-state index contributed by atoms with van der Waals surface area (Å²) in [5.74, 6) is 1.81. The average molecular weight is 266 g/mol. The number of nitrogens with one attached hydrogen (secondary N) is 1. The first-order valence-electron chi connectivity index (χ1n) is 5.26. The quantitative estimate of drug-likeness (QED) is 0.711. The van der Waals surface area contributed by atoms with Crippen molar-refractivity contribution in [2.24, 2.45) is 5.73 Å². The molecular formula is C12H14N2O3S. The minimum atomic E-state index is -3.55. The number of nitrogens with two attached hydrogens (primary N) is 1. The molecule has 1 aromatic rings. The standard InChI is InChI=1S/C12H14N2O3S/c1-2-9-14-18(16,17)11-6-3-10(4-7-11)5-8-12(13)15/h1,3-4,6-7,14H,5,8-9H2,(H2,13,15). The second-order valence-electron chi connectivity index (χ2n) is 3.64. The number of carbonyl (C=O) groups is 1. The van der Waals surface area contributed by atoms with Gasteiger partial charge in [-0.25, -0.2) is 8.42 Å². The fraction of sp³-hybridized carbons (Fsp3) is 0.250. The smallest absolute Gasteiger partial charge is 0.241 e. The van der Waals surface area contributed by atoms with Crippen LogP contribution >= 0.6 is 0 Å². The Bertz CT molecular complexity index is 556. The Hall–Kier alpha value is -1.84. The van der Waals surface area contributed by atoms with Crippen LogP contribution < -0.4 is 10.5 Å². The Morgan fingerprint density at radius 3 is 2.44 bits per heavy atom. The van der Waals surface area contributed by atoms with Crippen molar-refractivity contribution in [1.29, 1.82) is 0 Å². The number of amides is 1. The summed E-state index contributed by atoms with van der Waals surface area (Å²) in [5.41, 5.74) is 5.88. The highest BCUT2D eigenvalue weighted by Crippen LogP contribution is 2.11. The van der Waals surface area contributed by atoms with Crippen molar-refractivity contribution >= 4 is 15.9 Å². The van der Waals surface area contributed by atoms with E-state index in [1.807, 2.05) is 0 Å². The number of rotatable bonds is 6. The normalized spacial score (nSPS) is 10.8. The number of hydrogen-bond acceptors (Lipinski definition) is 3.